The minimum absolute atomic E-state index is 0.00172. The summed E-state index contributed by atoms with van der Waals surface area (Å²) in [6, 6.07) is 13.5. The number of hydrogen-bond acceptors (Lipinski definition) is 4. The van der Waals surface area contributed by atoms with Crippen LogP contribution in [0.2, 0.25) is 0 Å². The van der Waals surface area contributed by atoms with Crippen LogP contribution in [0.25, 0.3) is 0 Å². The Labute approximate surface area is 148 Å². The van der Waals surface area contributed by atoms with Gasteiger partial charge in [-0.1, -0.05) is 18.2 Å². The van der Waals surface area contributed by atoms with Crippen molar-refractivity contribution < 1.29 is 9.90 Å². The average molecular weight is 342 g/mol. The zero-order valence-electron chi connectivity index (χ0n) is 14.8. The summed E-state index contributed by atoms with van der Waals surface area (Å²) in [7, 11) is 3.96. The standard InChI is InChI=1S/C19H26N4O2/c1-23(2)18-8-5-6-15(11-18)12-21-19(25)22-13-16(14-24)10-17-7-3-4-9-20-17/h3-9,11,16,24H,10,12-14H2,1-2H3,(H2,21,22,25). The fraction of sp³-hybridized carbons (Fsp3) is 0.368. The first-order valence-electron chi connectivity index (χ1n) is 8.37. The molecule has 0 aliphatic rings. The van der Waals surface area contributed by atoms with Crippen molar-refractivity contribution >= 4 is 11.7 Å². The number of aromatic nitrogens is 1. The van der Waals surface area contributed by atoms with Gasteiger partial charge in [-0.2, -0.15) is 0 Å². The van der Waals surface area contributed by atoms with E-state index in [0.29, 0.717) is 19.5 Å². The van der Waals surface area contributed by atoms with Crippen LogP contribution in [0.3, 0.4) is 0 Å². The summed E-state index contributed by atoms with van der Waals surface area (Å²) in [6.07, 6.45) is 2.36. The zero-order valence-corrected chi connectivity index (χ0v) is 14.8. The monoisotopic (exact) mass is 342 g/mol. The summed E-state index contributed by atoms with van der Waals surface area (Å²) in [5.41, 5.74) is 3.04. The second-order valence-electron chi connectivity index (χ2n) is 6.20. The van der Waals surface area contributed by atoms with E-state index in [1.54, 1.807) is 6.20 Å². The van der Waals surface area contributed by atoms with Gasteiger partial charge in [-0.25, -0.2) is 4.79 Å². The summed E-state index contributed by atoms with van der Waals surface area (Å²) < 4.78 is 0. The number of urea groups is 1. The van der Waals surface area contributed by atoms with E-state index in [1.165, 1.54) is 0 Å². The van der Waals surface area contributed by atoms with Gasteiger partial charge in [0.1, 0.15) is 0 Å². The Morgan fingerprint density at radius 2 is 2.04 bits per heavy atom. The van der Waals surface area contributed by atoms with Crippen LogP contribution in [0.1, 0.15) is 11.3 Å². The summed E-state index contributed by atoms with van der Waals surface area (Å²) in [4.78, 5) is 18.2. The van der Waals surface area contributed by atoms with Crippen molar-refractivity contribution in [3.05, 3.63) is 59.9 Å². The van der Waals surface area contributed by atoms with Crippen molar-refractivity contribution in [1.82, 2.24) is 15.6 Å². The Balaban J connectivity index is 1.76. The molecule has 6 nitrogen and oxygen atoms in total. The van der Waals surface area contributed by atoms with Gasteiger partial charge in [0.2, 0.25) is 0 Å². The molecule has 1 aromatic carbocycles. The highest BCUT2D eigenvalue weighted by molar-refractivity contribution is 5.73. The highest BCUT2D eigenvalue weighted by atomic mass is 16.3. The van der Waals surface area contributed by atoms with Crippen molar-refractivity contribution in [3.63, 3.8) is 0 Å². The third-order valence-electron chi connectivity index (χ3n) is 3.91. The normalized spacial score (nSPS) is 11.6. The molecule has 0 aliphatic heterocycles. The summed E-state index contributed by atoms with van der Waals surface area (Å²) >= 11 is 0. The average Bonchev–Trinajstić information content (AvgIpc) is 2.64. The van der Waals surface area contributed by atoms with Crippen LogP contribution in [0.4, 0.5) is 10.5 Å². The number of nitrogens with zero attached hydrogens (tertiary/aromatic N) is 2. The quantitative estimate of drug-likeness (QED) is 0.684. The van der Waals surface area contributed by atoms with Crippen LogP contribution in [-0.2, 0) is 13.0 Å². The molecule has 134 valence electrons. The van der Waals surface area contributed by atoms with Gasteiger partial charge in [0.15, 0.2) is 0 Å². The largest absolute Gasteiger partial charge is 0.396 e. The molecule has 1 atom stereocenters. The Bertz CT molecular complexity index is 661. The number of pyridine rings is 1. The van der Waals surface area contributed by atoms with Gasteiger partial charge in [0.05, 0.1) is 0 Å². The van der Waals surface area contributed by atoms with Gasteiger partial charge in [0, 0.05) is 57.3 Å². The molecule has 1 heterocycles. The molecule has 0 saturated carbocycles. The van der Waals surface area contributed by atoms with Crippen LogP contribution in [0, 0.1) is 5.92 Å². The molecule has 2 amide bonds. The highest BCUT2D eigenvalue weighted by Gasteiger charge is 2.11. The smallest absolute Gasteiger partial charge is 0.315 e. The van der Waals surface area contributed by atoms with Crippen LogP contribution in [0.15, 0.2) is 48.7 Å². The highest BCUT2D eigenvalue weighted by Crippen LogP contribution is 2.13. The molecule has 0 radical (unpaired) electrons. The van der Waals surface area contributed by atoms with Gasteiger partial charge in [-0.3, -0.25) is 4.98 Å². The van der Waals surface area contributed by atoms with Crippen molar-refractivity contribution in [2.45, 2.75) is 13.0 Å². The molecule has 2 aromatic rings. The minimum atomic E-state index is -0.241. The SMILES string of the molecule is CN(C)c1cccc(CNC(=O)NCC(CO)Cc2ccccn2)c1. The van der Waals surface area contributed by atoms with Crippen molar-refractivity contribution in [2.24, 2.45) is 5.92 Å². The van der Waals surface area contributed by atoms with Gasteiger partial charge in [0.25, 0.3) is 0 Å². The molecule has 6 heteroatoms. The number of nitrogens with one attached hydrogen (secondary N) is 2. The maximum atomic E-state index is 12.0. The number of carbonyl (C=O) groups excluding carboxylic acids is 1. The number of rotatable bonds is 8. The van der Waals surface area contributed by atoms with Crippen molar-refractivity contribution in [2.75, 3.05) is 32.1 Å². The Morgan fingerprint density at radius 1 is 1.20 bits per heavy atom. The van der Waals surface area contributed by atoms with E-state index < -0.39 is 0 Å². The molecule has 2 rings (SSSR count). The number of aliphatic hydroxyl groups excluding tert-OH is 1. The summed E-state index contributed by atoms with van der Waals surface area (Å²) in [6.45, 7) is 0.857. The van der Waals surface area contributed by atoms with Crippen LogP contribution >= 0.6 is 0 Å². The van der Waals surface area contributed by atoms with E-state index in [-0.39, 0.29) is 18.6 Å². The molecule has 0 aliphatic carbocycles. The van der Waals surface area contributed by atoms with E-state index in [0.717, 1.165) is 16.9 Å². The van der Waals surface area contributed by atoms with E-state index in [4.69, 9.17) is 0 Å². The Kier molecular flexibility index (Phi) is 7.22. The lowest BCUT2D eigenvalue weighted by molar-refractivity contribution is 0.213. The fourth-order valence-corrected chi connectivity index (χ4v) is 2.44. The summed E-state index contributed by atoms with van der Waals surface area (Å²) in [5, 5.41) is 15.1. The maximum Gasteiger partial charge on any atom is 0.315 e. The molecule has 1 unspecified atom stereocenters. The molecule has 0 saturated heterocycles. The second kappa shape index (κ2) is 9.64. The van der Waals surface area contributed by atoms with Crippen molar-refractivity contribution in [1.29, 1.82) is 0 Å². The van der Waals surface area contributed by atoms with Gasteiger partial charge >= 0.3 is 6.03 Å². The molecular formula is C19H26N4O2. The first-order chi connectivity index (χ1) is 12.1. The number of aliphatic hydroxyl groups is 1. The number of hydrogen-bond donors (Lipinski definition) is 3. The van der Waals surface area contributed by atoms with Crippen LogP contribution in [-0.4, -0.2) is 43.4 Å². The van der Waals surface area contributed by atoms with E-state index in [2.05, 4.69) is 15.6 Å². The Morgan fingerprint density at radius 3 is 2.72 bits per heavy atom. The lowest BCUT2D eigenvalue weighted by atomic mass is 10.0. The molecule has 0 fully saturated rings. The predicted molar refractivity (Wildman–Crippen MR) is 99.5 cm³/mol. The maximum absolute atomic E-state index is 12.0. The molecule has 0 bridgehead atoms. The number of benzene rings is 1. The lowest BCUT2D eigenvalue weighted by Gasteiger charge is -2.16. The molecule has 1 aromatic heterocycles. The zero-order chi connectivity index (χ0) is 18.1. The number of carbonyl (C=O) groups is 1. The van der Waals surface area contributed by atoms with Crippen LogP contribution < -0.4 is 15.5 Å². The molecule has 3 N–H and O–H groups in total. The Hall–Kier alpha value is -2.60. The van der Waals surface area contributed by atoms with E-state index in [9.17, 15) is 9.90 Å². The molecule has 0 spiro atoms. The van der Waals surface area contributed by atoms with Gasteiger partial charge < -0.3 is 20.6 Å². The number of anilines is 1. The van der Waals surface area contributed by atoms with Gasteiger partial charge in [-0.05, 0) is 36.2 Å². The fourth-order valence-electron chi connectivity index (χ4n) is 2.44. The van der Waals surface area contributed by atoms with Crippen molar-refractivity contribution in [3.8, 4) is 0 Å². The lowest BCUT2D eigenvalue weighted by Crippen LogP contribution is -2.39. The summed E-state index contributed by atoms with van der Waals surface area (Å²) in [5.74, 6) is -0.0577. The third-order valence-corrected chi connectivity index (χ3v) is 3.91. The van der Waals surface area contributed by atoms with E-state index in [1.807, 2.05) is 61.5 Å². The van der Waals surface area contributed by atoms with Crippen LogP contribution in [0.5, 0.6) is 0 Å². The first kappa shape index (κ1) is 18.7. The first-order valence-corrected chi connectivity index (χ1v) is 8.37. The van der Waals surface area contributed by atoms with E-state index >= 15 is 0 Å². The minimum Gasteiger partial charge on any atom is -0.396 e. The second-order valence-corrected chi connectivity index (χ2v) is 6.20. The third kappa shape index (κ3) is 6.43. The van der Waals surface area contributed by atoms with Gasteiger partial charge in [-0.15, -0.1) is 0 Å². The predicted octanol–water partition coefficient (Wildman–Crippen LogP) is 1.80. The molecule has 25 heavy (non-hydrogen) atoms. The topological polar surface area (TPSA) is 77.5 Å². The number of amides is 2. The molecular weight excluding hydrogens is 316 g/mol.